The molecule has 6 heteroatoms. The van der Waals surface area contributed by atoms with Crippen LogP contribution >= 0.6 is 11.8 Å². The first kappa shape index (κ1) is 14.7. The number of benzene rings is 2. The molecule has 3 rings (SSSR count). The molecule has 3 aromatic rings. The van der Waals surface area contributed by atoms with Crippen molar-refractivity contribution in [2.75, 3.05) is 19.5 Å². The Labute approximate surface area is 131 Å². The second kappa shape index (κ2) is 6.70. The first-order valence-corrected chi connectivity index (χ1v) is 7.79. The zero-order chi connectivity index (χ0) is 15.4. The third-order valence-electron chi connectivity index (χ3n) is 3.08. The number of H-pyrrole nitrogens is 1. The maximum atomic E-state index is 13.4. The first-order valence-electron chi connectivity index (χ1n) is 6.80. The van der Waals surface area contributed by atoms with E-state index in [1.807, 2.05) is 18.2 Å². The smallest absolute Gasteiger partial charge is 0.166 e. The minimum absolute atomic E-state index is 0.275. The van der Waals surface area contributed by atoms with E-state index in [1.165, 1.54) is 17.8 Å². The molecule has 0 atom stereocenters. The summed E-state index contributed by atoms with van der Waals surface area (Å²) < 4.78 is 24.0. The third-order valence-corrected chi connectivity index (χ3v) is 3.92. The molecule has 1 N–H and O–H groups in total. The predicted molar refractivity (Wildman–Crippen MR) is 85.3 cm³/mol. The molecule has 0 aliphatic heterocycles. The summed E-state index contributed by atoms with van der Waals surface area (Å²) in [6, 6.07) is 12.1. The van der Waals surface area contributed by atoms with Crippen molar-refractivity contribution in [3.8, 4) is 11.5 Å². The van der Waals surface area contributed by atoms with Gasteiger partial charge in [0.2, 0.25) is 0 Å². The Balaban J connectivity index is 1.56. The maximum absolute atomic E-state index is 13.4. The van der Waals surface area contributed by atoms with Gasteiger partial charge in [0.05, 0.1) is 24.8 Å². The monoisotopic (exact) mass is 318 g/mol. The summed E-state index contributed by atoms with van der Waals surface area (Å²) in [7, 11) is 1.63. The van der Waals surface area contributed by atoms with Crippen molar-refractivity contribution in [2.24, 2.45) is 0 Å². The van der Waals surface area contributed by atoms with E-state index in [4.69, 9.17) is 9.47 Å². The molecular weight excluding hydrogens is 303 g/mol. The van der Waals surface area contributed by atoms with Crippen molar-refractivity contribution < 1.29 is 13.9 Å². The lowest BCUT2D eigenvalue weighted by Gasteiger charge is -2.05. The molecule has 0 bridgehead atoms. The normalized spacial score (nSPS) is 10.8. The highest BCUT2D eigenvalue weighted by molar-refractivity contribution is 7.99. The molecule has 0 saturated carbocycles. The fraction of sp³-hybridized carbons (Fsp3) is 0.188. The molecule has 0 fully saturated rings. The Bertz CT molecular complexity index is 776. The minimum atomic E-state index is -0.344. The van der Waals surface area contributed by atoms with E-state index in [1.54, 1.807) is 25.3 Å². The molecule has 0 radical (unpaired) electrons. The number of para-hydroxylation sites is 1. The summed E-state index contributed by atoms with van der Waals surface area (Å²) in [5.74, 6) is 1.39. The van der Waals surface area contributed by atoms with Gasteiger partial charge in [-0.1, -0.05) is 23.9 Å². The molecule has 0 aliphatic carbocycles. The number of aromatic amines is 1. The largest absolute Gasteiger partial charge is 0.497 e. The Morgan fingerprint density at radius 3 is 2.91 bits per heavy atom. The van der Waals surface area contributed by atoms with E-state index in [0.29, 0.717) is 12.4 Å². The summed E-state index contributed by atoms with van der Waals surface area (Å²) in [4.78, 5) is 7.70. The minimum Gasteiger partial charge on any atom is -0.497 e. The number of hydrogen-bond donors (Lipinski definition) is 1. The molecule has 2 aromatic carbocycles. The van der Waals surface area contributed by atoms with E-state index in [2.05, 4.69) is 9.97 Å². The number of ether oxygens (including phenoxy) is 2. The predicted octanol–water partition coefficient (Wildman–Crippen LogP) is 3.88. The number of aromatic nitrogens is 2. The molecule has 0 unspecified atom stereocenters. The SMILES string of the molecule is COc1ccc2nc(SCCOc3ccccc3F)[nH]c2c1. The Morgan fingerprint density at radius 1 is 1.23 bits per heavy atom. The van der Waals surface area contributed by atoms with Crippen LogP contribution < -0.4 is 9.47 Å². The summed E-state index contributed by atoms with van der Waals surface area (Å²) in [6.45, 7) is 0.409. The van der Waals surface area contributed by atoms with Crippen molar-refractivity contribution in [3.63, 3.8) is 0 Å². The van der Waals surface area contributed by atoms with E-state index in [0.717, 1.165) is 21.9 Å². The Kier molecular flexibility index (Phi) is 4.48. The fourth-order valence-electron chi connectivity index (χ4n) is 2.01. The Hall–Kier alpha value is -2.21. The summed E-state index contributed by atoms with van der Waals surface area (Å²) >= 11 is 1.53. The van der Waals surface area contributed by atoms with Crippen molar-refractivity contribution >= 4 is 22.8 Å². The van der Waals surface area contributed by atoms with Crippen molar-refractivity contribution in [1.82, 2.24) is 9.97 Å². The van der Waals surface area contributed by atoms with Crippen LogP contribution in [-0.4, -0.2) is 29.4 Å². The van der Waals surface area contributed by atoms with Crippen LogP contribution in [0.3, 0.4) is 0 Å². The number of halogens is 1. The molecule has 1 aromatic heterocycles. The van der Waals surface area contributed by atoms with Gasteiger partial charge in [-0.2, -0.15) is 0 Å². The van der Waals surface area contributed by atoms with E-state index in [-0.39, 0.29) is 11.6 Å². The van der Waals surface area contributed by atoms with E-state index >= 15 is 0 Å². The lowest BCUT2D eigenvalue weighted by molar-refractivity contribution is 0.325. The summed E-state index contributed by atoms with van der Waals surface area (Å²) in [6.07, 6.45) is 0. The molecule has 0 saturated heterocycles. The molecule has 1 heterocycles. The molecule has 0 spiro atoms. The number of nitrogens with zero attached hydrogens (tertiary/aromatic N) is 1. The molecule has 22 heavy (non-hydrogen) atoms. The van der Waals surface area contributed by atoms with Gasteiger partial charge in [0.25, 0.3) is 0 Å². The number of methoxy groups -OCH3 is 1. The quantitative estimate of drug-likeness (QED) is 0.553. The van der Waals surface area contributed by atoms with Gasteiger partial charge < -0.3 is 14.5 Å². The maximum Gasteiger partial charge on any atom is 0.166 e. The highest BCUT2D eigenvalue weighted by atomic mass is 32.2. The second-order valence-electron chi connectivity index (χ2n) is 4.55. The van der Waals surface area contributed by atoms with Crippen molar-refractivity contribution in [3.05, 3.63) is 48.3 Å². The lowest BCUT2D eigenvalue weighted by Crippen LogP contribution is -2.01. The second-order valence-corrected chi connectivity index (χ2v) is 5.64. The third kappa shape index (κ3) is 3.33. The number of thioether (sulfide) groups is 1. The molecule has 0 amide bonds. The van der Waals surface area contributed by atoms with Crippen LogP contribution in [0.5, 0.6) is 11.5 Å². The highest BCUT2D eigenvalue weighted by Crippen LogP contribution is 2.23. The number of nitrogens with one attached hydrogen (secondary N) is 1. The van der Waals surface area contributed by atoms with Gasteiger partial charge in [-0.15, -0.1) is 0 Å². The van der Waals surface area contributed by atoms with Gasteiger partial charge in [0, 0.05) is 11.8 Å². The van der Waals surface area contributed by atoms with Gasteiger partial charge in [-0.25, -0.2) is 9.37 Å². The van der Waals surface area contributed by atoms with Gasteiger partial charge >= 0.3 is 0 Å². The molecule has 0 aliphatic rings. The zero-order valence-corrected chi connectivity index (χ0v) is 12.8. The van der Waals surface area contributed by atoms with Crippen LogP contribution in [-0.2, 0) is 0 Å². The van der Waals surface area contributed by atoms with Gasteiger partial charge in [-0.05, 0) is 24.3 Å². The zero-order valence-electron chi connectivity index (χ0n) is 12.0. The average Bonchev–Trinajstić information content (AvgIpc) is 2.94. The van der Waals surface area contributed by atoms with Crippen LogP contribution in [0.4, 0.5) is 4.39 Å². The van der Waals surface area contributed by atoms with E-state index < -0.39 is 0 Å². The number of rotatable bonds is 6. The summed E-state index contributed by atoms with van der Waals surface area (Å²) in [5, 5.41) is 0.806. The standard InChI is InChI=1S/C16H15FN2O2S/c1-20-11-6-7-13-14(10-11)19-16(18-13)22-9-8-21-15-5-3-2-4-12(15)17/h2-7,10H,8-9H2,1H3,(H,18,19). The number of fused-ring (bicyclic) bond motifs is 1. The van der Waals surface area contributed by atoms with Crippen LogP contribution in [0.25, 0.3) is 11.0 Å². The van der Waals surface area contributed by atoms with Crippen LogP contribution in [0, 0.1) is 5.82 Å². The van der Waals surface area contributed by atoms with Gasteiger partial charge in [0.1, 0.15) is 5.75 Å². The number of imidazole rings is 1. The topological polar surface area (TPSA) is 47.1 Å². The molecule has 4 nitrogen and oxygen atoms in total. The van der Waals surface area contributed by atoms with Crippen LogP contribution in [0.2, 0.25) is 0 Å². The number of hydrogen-bond acceptors (Lipinski definition) is 4. The molecule has 114 valence electrons. The molecular formula is C16H15FN2O2S. The van der Waals surface area contributed by atoms with Crippen LogP contribution in [0.1, 0.15) is 0 Å². The van der Waals surface area contributed by atoms with Crippen molar-refractivity contribution in [1.29, 1.82) is 0 Å². The van der Waals surface area contributed by atoms with Gasteiger partial charge in [0.15, 0.2) is 16.7 Å². The van der Waals surface area contributed by atoms with Gasteiger partial charge in [-0.3, -0.25) is 0 Å². The van der Waals surface area contributed by atoms with Crippen LogP contribution in [0.15, 0.2) is 47.6 Å². The lowest BCUT2D eigenvalue weighted by atomic mass is 10.3. The first-order chi connectivity index (χ1) is 10.8. The van der Waals surface area contributed by atoms with E-state index in [9.17, 15) is 4.39 Å². The average molecular weight is 318 g/mol. The van der Waals surface area contributed by atoms with Crippen molar-refractivity contribution in [2.45, 2.75) is 5.16 Å². The summed E-state index contributed by atoms with van der Waals surface area (Å²) in [5.41, 5.74) is 1.81. The highest BCUT2D eigenvalue weighted by Gasteiger charge is 2.05. The fourth-order valence-corrected chi connectivity index (χ4v) is 2.72. The Morgan fingerprint density at radius 2 is 2.09 bits per heavy atom.